The first-order chi connectivity index (χ1) is 10.8. The van der Waals surface area contributed by atoms with Crippen LogP contribution in [0.2, 0.25) is 0 Å². The molecule has 1 aliphatic heterocycles. The maximum atomic E-state index is 12.0. The second kappa shape index (κ2) is 8.91. The second-order valence-corrected chi connectivity index (χ2v) is 5.57. The van der Waals surface area contributed by atoms with Crippen LogP contribution in [-0.4, -0.2) is 50.2 Å². The number of halogens is 1. The minimum absolute atomic E-state index is 0. The van der Waals surface area contributed by atoms with Gasteiger partial charge in [0.15, 0.2) is 5.76 Å². The average Bonchev–Trinajstić information content (AvgIpc) is 2.99. The van der Waals surface area contributed by atoms with E-state index in [1.165, 1.54) is 0 Å². The molecule has 1 amide bonds. The molecule has 0 saturated carbocycles. The minimum Gasteiger partial charge on any atom is -1.00 e. The number of para-hydroxylation sites is 1. The van der Waals surface area contributed by atoms with Gasteiger partial charge in [-0.05, 0) is 31.5 Å². The highest BCUT2D eigenvalue weighted by molar-refractivity contribution is 5.95. The van der Waals surface area contributed by atoms with Crippen molar-refractivity contribution in [3.8, 4) is 0 Å². The van der Waals surface area contributed by atoms with Crippen LogP contribution in [0.1, 0.15) is 23.4 Å². The molecule has 0 atom stereocenters. The van der Waals surface area contributed by atoms with Gasteiger partial charge in [0.2, 0.25) is 0 Å². The smallest absolute Gasteiger partial charge is 0.287 e. The molecule has 2 heterocycles. The molecule has 1 saturated heterocycles. The number of ether oxygens (including phenoxy) is 1. The summed E-state index contributed by atoms with van der Waals surface area (Å²) in [4.78, 5) is 14.5. The van der Waals surface area contributed by atoms with Crippen molar-refractivity contribution in [2.24, 2.45) is 0 Å². The van der Waals surface area contributed by atoms with Crippen LogP contribution in [0.5, 0.6) is 0 Å². The van der Waals surface area contributed by atoms with Crippen molar-refractivity contribution in [2.45, 2.75) is 12.8 Å². The number of benzene rings is 1. The molecular formula is C17H22ClN2O3-. The number of furan rings is 1. The van der Waals surface area contributed by atoms with E-state index in [1.807, 2.05) is 24.3 Å². The molecule has 1 aromatic carbocycles. The van der Waals surface area contributed by atoms with Gasteiger partial charge in [0.1, 0.15) is 5.58 Å². The van der Waals surface area contributed by atoms with Gasteiger partial charge in [-0.2, -0.15) is 0 Å². The van der Waals surface area contributed by atoms with Gasteiger partial charge < -0.3 is 26.9 Å². The van der Waals surface area contributed by atoms with Crippen LogP contribution in [0.25, 0.3) is 11.0 Å². The van der Waals surface area contributed by atoms with E-state index >= 15 is 0 Å². The summed E-state index contributed by atoms with van der Waals surface area (Å²) in [5.41, 5.74) is 0.750. The molecular weight excluding hydrogens is 316 g/mol. The lowest BCUT2D eigenvalue weighted by Gasteiger charge is -2.26. The Morgan fingerprint density at radius 2 is 1.96 bits per heavy atom. The summed E-state index contributed by atoms with van der Waals surface area (Å²) in [5.74, 6) is 0.247. The van der Waals surface area contributed by atoms with Crippen LogP contribution in [0.4, 0.5) is 0 Å². The van der Waals surface area contributed by atoms with Gasteiger partial charge in [-0.15, -0.1) is 0 Å². The van der Waals surface area contributed by atoms with Crippen molar-refractivity contribution in [2.75, 3.05) is 39.4 Å². The molecule has 0 spiro atoms. The van der Waals surface area contributed by atoms with E-state index in [-0.39, 0.29) is 18.3 Å². The fraction of sp³-hybridized carbons (Fsp3) is 0.471. The Morgan fingerprint density at radius 3 is 2.74 bits per heavy atom. The molecule has 0 unspecified atom stereocenters. The van der Waals surface area contributed by atoms with Gasteiger partial charge in [-0.1, -0.05) is 18.2 Å². The maximum absolute atomic E-state index is 12.0. The first kappa shape index (κ1) is 17.8. The normalized spacial score (nSPS) is 15.3. The Hall–Kier alpha value is -1.56. The number of morpholine rings is 1. The topological polar surface area (TPSA) is 54.7 Å². The average molecular weight is 338 g/mol. The van der Waals surface area contributed by atoms with Crippen molar-refractivity contribution in [1.29, 1.82) is 0 Å². The summed E-state index contributed by atoms with van der Waals surface area (Å²) in [7, 11) is 0. The number of hydrogen-bond donors (Lipinski definition) is 1. The first-order valence-corrected chi connectivity index (χ1v) is 7.90. The molecule has 1 aromatic heterocycles. The Labute approximate surface area is 142 Å². The Morgan fingerprint density at radius 1 is 1.17 bits per heavy atom. The monoisotopic (exact) mass is 337 g/mol. The van der Waals surface area contributed by atoms with Crippen molar-refractivity contribution in [3.63, 3.8) is 0 Å². The Balaban J connectivity index is 0.00000192. The van der Waals surface area contributed by atoms with Crippen LogP contribution in [0.15, 0.2) is 34.7 Å². The van der Waals surface area contributed by atoms with Crippen molar-refractivity contribution < 1.29 is 26.4 Å². The van der Waals surface area contributed by atoms with E-state index in [0.717, 1.165) is 56.7 Å². The minimum atomic E-state index is -0.137. The lowest BCUT2D eigenvalue weighted by Crippen LogP contribution is -3.00. The predicted octanol–water partition coefficient (Wildman–Crippen LogP) is -0.721. The number of carbonyl (C=O) groups excluding carboxylic acids is 1. The number of nitrogens with zero attached hydrogens (tertiary/aromatic N) is 1. The van der Waals surface area contributed by atoms with Gasteiger partial charge in [-0.25, -0.2) is 0 Å². The van der Waals surface area contributed by atoms with Crippen molar-refractivity contribution in [1.82, 2.24) is 10.2 Å². The van der Waals surface area contributed by atoms with Crippen LogP contribution in [0, 0.1) is 0 Å². The van der Waals surface area contributed by atoms with E-state index in [2.05, 4.69) is 10.2 Å². The molecule has 2 aromatic rings. The molecule has 6 heteroatoms. The lowest BCUT2D eigenvalue weighted by molar-refractivity contribution is -0.0000146. The number of rotatable bonds is 6. The SMILES string of the molecule is O=C(NCCCCN1CCOCC1)c1cc2ccccc2o1.[Cl-]. The summed E-state index contributed by atoms with van der Waals surface area (Å²) in [6, 6.07) is 9.44. The fourth-order valence-corrected chi connectivity index (χ4v) is 2.67. The highest BCUT2D eigenvalue weighted by Crippen LogP contribution is 2.18. The Kier molecular flexibility index (Phi) is 6.89. The number of unbranched alkanes of at least 4 members (excludes halogenated alkanes) is 1. The van der Waals surface area contributed by atoms with E-state index in [4.69, 9.17) is 9.15 Å². The zero-order valence-corrected chi connectivity index (χ0v) is 13.8. The zero-order chi connectivity index (χ0) is 15.2. The molecule has 1 fully saturated rings. The highest BCUT2D eigenvalue weighted by Gasteiger charge is 2.12. The first-order valence-electron chi connectivity index (χ1n) is 7.90. The largest absolute Gasteiger partial charge is 1.00 e. The lowest BCUT2D eigenvalue weighted by atomic mass is 10.2. The number of nitrogens with one attached hydrogen (secondary N) is 1. The summed E-state index contributed by atoms with van der Waals surface area (Å²) < 4.78 is 10.9. The second-order valence-electron chi connectivity index (χ2n) is 5.57. The zero-order valence-electron chi connectivity index (χ0n) is 13.1. The Bertz CT molecular complexity index is 590. The maximum Gasteiger partial charge on any atom is 0.287 e. The third-order valence-electron chi connectivity index (χ3n) is 3.94. The molecule has 5 nitrogen and oxygen atoms in total. The quantitative estimate of drug-likeness (QED) is 0.707. The number of amides is 1. The van der Waals surface area contributed by atoms with E-state index < -0.39 is 0 Å². The van der Waals surface area contributed by atoms with Gasteiger partial charge in [0.25, 0.3) is 5.91 Å². The summed E-state index contributed by atoms with van der Waals surface area (Å²) >= 11 is 0. The molecule has 126 valence electrons. The van der Waals surface area contributed by atoms with Crippen LogP contribution < -0.4 is 17.7 Å². The van der Waals surface area contributed by atoms with Gasteiger partial charge >= 0.3 is 0 Å². The summed E-state index contributed by atoms with van der Waals surface area (Å²) in [5, 5.41) is 3.88. The van der Waals surface area contributed by atoms with Crippen molar-refractivity contribution >= 4 is 16.9 Å². The number of carbonyl (C=O) groups is 1. The number of fused-ring (bicyclic) bond motifs is 1. The van der Waals surface area contributed by atoms with Gasteiger partial charge in [0.05, 0.1) is 13.2 Å². The van der Waals surface area contributed by atoms with Crippen molar-refractivity contribution in [3.05, 3.63) is 36.1 Å². The highest BCUT2D eigenvalue weighted by atomic mass is 35.5. The summed E-state index contributed by atoms with van der Waals surface area (Å²) in [6.45, 7) is 5.46. The third-order valence-corrected chi connectivity index (χ3v) is 3.94. The van der Waals surface area contributed by atoms with E-state index in [0.29, 0.717) is 12.3 Å². The molecule has 23 heavy (non-hydrogen) atoms. The summed E-state index contributed by atoms with van der Waals surface area (Å²) in [6.07, 6.45) is 2.06. The van der Waals surface area contributed by atoms with E-state index in [1.54, 1.807) is 6.07 Å². The number of hydrogen-bond acceptors (Lipinski definition) is 4. The van der Waals surface area contributed by atoms with Crippen LogP contribution >= 0.6 is 0 Å². The fourth-order valence-electron chi connectivity index (χ4n) is 2.67. The van der Waals surface area contributed by atoms with Gasteiger partial charge in [-0.3, -0.25) is 9.69 Å². The van der Waals surface area contributed by atoms with E-state index in [9.17, 15) is 4.79 Å². The molecule has 1 aliphatic rings. The molecule has 0 aliphatic carbocycles. The molecule has 0 radical (unpaired) electrons. The third kappa shape index (κ3) is 4.96. The molecule has 1 N–H and O–H groups in total. The molecule has 3 rings (SSSR count). The molecule has 0 bridgehead atoms. The predicted molar refractivity (Wildman–Crippen MR) is 85.0 cm³/mol. The standard InChI is InChI=1S/C17H22N2O3.ClH/c20-17(16-13-14-5-1-2-6-15(14)22-16)18-7-3-4-8-19-9-11-21-12-10-19;/h1-2,5-6,13H,3-4,7-12H2,(H,18,20);1H/p-1. The van der Waals surface area contributed by atoms with Crippen LogP contribution in [-0.2, 0) is 4.74 Å². The van der Waals surface area contributed by atoms with Crippen LogP contribution in [0.3, 0.4) is 0 Å². The van der Waals surface area contributed by atoms with Gasteiger partial charge in [0, 0.05) is 25.0 Å².